The highest BCUT2D eigenvalue weighted by atomic mass is 16.2. The zero-order valence-corrected chi connectivity index (χ0v) is 16.7. The minimum absolute atomic E-state index is 0.0300. The lowest BCUT2D eigenvalue weighted by atomic mass is 9.76. The quantitative estimate of drug-likeness (QED) is 0.780. The Morgan fingerprint density at radius 3 is 1.79 bits per heavy atom. The standard InChI is InChI=1S/C24H28N2O2/c1-24(2,3)20-16-19(25-22(27)17-10-6-4-7-11-17)14-15-21(20)26-23(28)18-12-8-5-9-13-18/h4-13,16,19,21H,14-15H2,1-3H3,(H,25,27)(H,26,28)/t19-,21+/m0/s1. The predicted octanol–water partition coefficient (Wildman–Crippen LogP) is 4.35. The number of hydrogen-bond donors (Lipinski definition) is 2. The number of carbonyl (C=O) groups excluding carboxylic acids is 2. The van der Waals surface area contributed by atoms with E-state index in [1.54, 1.807) is 0 Å². The smallest absolute Gasteiger partial charge is 0.251 e. The summed E-state index contributed by atoms with van der Waals surface area (Å²) >= 11 is 0. The van der Waals surface area contributed by atoms with Gasteiger partial charge in [-0.05, 0) is 48.1 Å². The molecule has 4 nitrogen and oxygen atoms in total. The molecule has 0 saturated carbocycles. The number of amides is 2. The molecule has 4 heteroatoms. The van der Waals surface area contributed by atoms with E-state index in [2.05, 4.69) is 37.5 Å². The van der Waals surface area contributed by atoms with Crippen molar-refractivity contribution in [3.63, 3.8) is 0 Å². The van der Waals surface area contributed by atoms with E-state index in [1.807, 2.05) is 60.7 Å². The number of rotatable bonds is 4. The lowest BCUT2D eigenvalue weighted by Gasteiger charge is -2.36. The van der Waals surface area contributed by atoms with Gasteiger partial charge in [0.05, 0.1) is 6.04 Å². The van der Waals surface area contributed by atoms with Gasteiger partial charge in [-0.1, -0.05) is 63.2 Å². The van der Waals surface area contributed by atoms with Crippen LogP contribution in [0.4, 0.5) is 0 Å². The zero-order chi connectivity index (χ0) is 20.1. The van der Waals surface area contributed by atoms with Crippen LogP contribution >= 0.6 is 0 Å². The van der Waals surface area contributed by atoms with Crippen molar-refractivity contribution in [1.29, 1.82) is 0 Å². The highest BCUT2D eigenvalue weighted by Crippen LogP contribution is 2.34. The Labute approximate surface area is 167 Å². The zero-order valence-electron chi connectivity index (χ0n) is 16.7. The molecule has 146 valence electrons. The molecule has 0 unspecified atom stereocenters. The number of hydrogen-bond acceptors (Lipinski definition) is 2. The van der Waals surface area contributed by atoms with Crippen molar-refractivity contribution < 1.29 is 9.59 Å². The Morgan fingerprint density at radius 1 is 0.786 bits per heavy atom. The van der Waals surface area contributed by atoms with Crippen molar-refractivity contribution in [3.8, 4) is 0 Å². The maximum absolute atomic E-state index is 12.6. The van der Waals surface area contributed by atoms with Crippen molar-refractivity contribution >= 4 is 11.8 Å². The van der Waals surface area contributed by atoms with E-state index in [0.29, 0.717) is 11.1 Å². The molecule has 0 heterocycles. The summed E-state index contributed by atoms with van der Waals surface area (Å²) in [6.07, 6.45) is 3.71. The molecule has 0 spiro atoms. The van der Waals surface area contributed by atoms with Crippen LogP contribution in [0.1, 0.15) is 54.3 Å². The van der Waals surface area contributed by atoms with E-state index >= 15 is 0 Å². The molecule has 2 aromatic rings. The van der Waals surface area contributed by atoms with Gasteiger partial charge in [-0.15, -0.1) is 0 Å². The van der Waals surface area contributed by atoms with Crippen LogP contribution in [0.5, 0.6) is 0 Å². The summed E-state index contributed by atoms with van der Waals surface area (Å²) in [6, 6.07) is 18.5. The lowest BCUT2D eigenvalue weighted by molar-refractivity contribution is 0.0916. The number of carbonyl (C=O) groups is 2. The third-order valence-electron chi connectivity index (χ3n) is 5.08. The molecule has 0 aromatic heterocycles. The molecule has 1 aliphatic carbocycles. The van der Waals surface area contributed by atoms with Crippen molar-refractivity contribution in [1.82, 2.24) is 10.6 Å². The second-order valence-electron chi connectivity index (χ2n) is 8.29. The third-order valence-corrected chi connectivity index (χ3v) is 5.08. The molecular formula is C24H28N2O2. The van der Waals surface area contributed by atoms with Crippen LogP contribution in [0, 0.1) is 5.41 Å². The van der Waals surface area contributed by atoms with Gasteiger partial charge < -0.3 is 10.6 Å². The summed E-state index contributed by atoms with van der Waals surface area (Å²) < 4.78 is 0. The molecule has 0 radical (unpaired) electrons. The average molecular weight is 377 g/mol. The van der Waals surface area contributed by atoms with Crippen molar-refractivity contribution in [2.24, 2.45) is 5.41 Å². The first-order chi connectivity index (χ1) is 13.3. The van der Waals surface area contributed by atoms with Gasteiger partial charge >= 0.3 is 0 Å². The molecule has 28 heavy (non-hydrogen) atoms. The highest BCUT2D eigenvalue weighted by Gasteiger charge is 2.32. The van der Waals surface area contributed by atoms with Crippen LogP contribution in [-0.2, 0) is 0 Å². The average Bonchev–Trinajstić information content (AvgIpc) is 2.69. The maximum atomic E-state index is 12.6. The van der Waals surface area contributed by atoms with Gasteiger partial charge in [0.2, 0.25) is 0 Å². The number of nitrogens with one attached hydrogen (secondary N) is 2. The van der Waals surface area contributed by atoms with Crippen LogP contribution in [0.3, 0.4) is 0 Å². The Bertz CT molecular complexity index is 851. The van der Waals surface area contributed by atoms with E-state index in [1.165, 1.54) is 0 Å². The Balaban J connectivity index is 1.74. The van der Waals surface area contributed by atoms with Gasteiger partial charge in [-0.3, -0.25) is 9.59 Å². The monoisotopic (exact) mass is 376 g/mol. The lowest BCUT2D eigenvalue weighted by Crippen LogP contribution is -2.45. The highest BCUT2D eigenvalue weighted by molar-refractivity contribution is 5.95. The molecule has 2 amide bonds. The predicted molar refractivity (Wildman–Crippen MR) is 112 cm³/mol. The molecule has 0 bridgehead atoms. The normalized spacial score (nSPS) is 19.5. The number of benzene rings is 2. The van der Waals surface area contributed by atoms with E-state index in [9.17, 15) is 9.59 Å². The van der Waals surface area contributed by atoms with E-state index < -0.39 is 0 Å². The van der Waals surface area contributed by atoms with Crippen LogP contribution in [0.25, 0.3) is 0 Å². The van der Waals surface area contributed by atoms with Gasteiger partial charge in [0, 0.05) is 17.2 Å². The molecule has 2 aromatic carbocycles. The van der Waals surface area contributed by atoms with E-state index in [4.69, 9.17) is 0 Å². The summed E-state index contributed by atoms with van der Waals surface area (Å²) in [7, 11) is 0. The minimum atomic E-state index is -0.106. The maximum Gasteiger partial charge on any atom is 0.251 e. The third kappa shape index (κ3) is 4.89. The fraction of sp³-hybridized carbons (Fsp3) is 0.333. The van der Waals surface area contributed by atoms with Gasteiger partial charge in [0.15, 0.2) is 0 Å². The topological polar surface area (TPSA) is 58.2 Å². The molecule has 0 aliphatic heterocycles. The van der Waals surface area contributed by atoms with Crippen LogP contribution < -0.4 is 10.6 Å². The second kappa shape index (κ2) is 8.42. The fourth-order valence-corrected chi connectivity index (χ4v) is 3.63. The second-order valence-corrected chi connectivity index (χ2v) is 8.29. The van der Waals surface area contributed by atoms with Crippen LogP contribution in [0.2, 0.25) is 0 Å². The van der Waals surface area contributed by atoms with Crippen molar-refractivity contribution in [2.45, 2.75) is 45.7 Å². The Kier molecular flexibility index (Phi) is 5.98. The van der Waals surface area contributed by atoms with Crippen molar-refractivity contribution in [2.75, 3.05) is 0 Å². The molecule has 2 N–H and O–H groups in total. The molecule has 2 atom stereocenters. The molecule has 1 aliphatic rings. The van der Waals surface area contributed by atoms with Gasteiger partial charge in [-0.2, -0.15) is 0 Å². The van der Waals surface area contributed by atoms with Gasteiger partial charge in [-0.25, -0.2) is 0 Å². The molecule has 3 rings (SSSR count). The summed E-state index contributed by atoms with van der Waals surface area (Å²) in [6.45, 7) is 6.42. The largest absolute Gasteiger partial charge is 0.346 e. The first-order valence-corrected chi connectivity index (χ1v) is 9.78. The summed E-state index contributed by atoms with van der Waals surface area (Å²) in [5.41, 5.74) is 2.37. The van der Waals surface area contributed by atoms with Gasteiger partial charge in [0.25, 0.3) is 11.8 Å². The SMILES string of the molecule is CC(C)(C)C1=C[C@@H](NC(=O)c2ccccc2)CC[C@H]1NC(=O)c1ccccc1. The minimum Gasteiger partial charge on any atom is -0.346 e. The Hall–Kier alpha value is -2.88. The van der Waals surface area contributed by atoms with E-state index in [-0.39, 0.29) is 29.3 Å². The summed E-state index contributed by atoms with van der Waals surface area (Å²) in [5, 5.41) is 6.29. The molecular weight excluding hydrogens is 348 g/mol. The summed E-state index contributed by atoms with van der Waals surface area (Å²) in [5.74, 6) is -0.130. The summed E-state index contributed by atoms with van der Waals surface area (Å²) in [4.78, 5) is 25.1. The van der Waals surface area contributed by atoms with Crippen LogP contribution in [-0.4, -0.2) is 23.9 Å². The van der Waals surface area contributed by atoms with Crippen LogP contribution in [0.15, 0.2) is 72.3 Å². The van der Waals surface area contributed by atoms with E-state index in [0.717, 1.165) is 18.4 Å². The van der Waals surface area contributed by atoms with Gasteiger partial charge in [0.1, 0.15) is 0 Å². The fourth-order valence-electron chi connectivity index (χ4n) is 3.63. The molecule has 0 saturated heterocycles. The first kappa shape index (κ1) is 19.9. The van der Waals surface area contributed by atoms with Crippen molar-refractivity contribution in [3.05, 3.63) is 83.4 Å². The first-order valence-electron chi connectivity index (χ1n) is 9.78. The molecule has 0 fully saturated rings. The Morgan fingerprint density at radius 2 is 1.29 bits per heavy atom.